The quantitative estimate of drug-likeness (QED) is 0.225. The number of hydrogen-bond donors (Lipinski definition) is 4. The minimum absolute atomic E-state index is 0.0600. The van der Waals surface area contributed by atoms with Gasteiger partial charge in [0.25, 0.3) is 11.5 Å². The molecule has 1 atom stereocenters. The highest BCUT2D eigenvalue weighted by atomic mass is 16.3. The monoisotopic (exact) mass is 562 g/mol. The maximum Gasteiger partial charge on any atom is 0.261 e. The first-order valence-corrected chi connectivity index (χ1v) is 14.2. The summed E-state index contributed by atoms with van der Waals surface area (Å²) in [6.07, 6.45) is 2.20. The van der Waals surface area contributed by atoms with Gasteiger partial charge >= 0.3 is 0 Å². The fourth-order valence-corrected chi connectivity index (χ4v) is 5.62. The van der Waals surface area contributed by atoms with E-state index in [-0.39, 0.29) is 24.1 Å². The smallest absolute Gasteiger partial charge is 0.261 e. The summed E-state index contributed by atoms with van der Waals surface area (Å²) in [6.45, 7) is 4.66. The molecule has 42 heavy (non-hydrogen) atoms. The third-order valence-electron chi connectivity index (χ3n) is 7.82. The summed E-state index contributed by atoms with van der Waals surface area (Å²) in [4.78, 5) is 41.1. The summed E-state index contributed by atoms with van der Waals surface area (Å²) in [5, 5.41) is 13.5. The lowest BCUT2D eigenvalue weighted by Crippen LogP contribution is -2.48. The Bertz CT molecular complexity index is 1740. The number of carbonyl (C=O) groups excluding carboxylic acids is 1. The van der Waals surface area contributed by atoms with Gasteiger partial charge in [0.2, 0.25) is 0 Å². The Hall–Kier alpha value is -4.89. The molecule has 0 radical (unpaired) electrons. The fourth-order valence-electron chi connectivity index (χ4n) is 5.62. The van der Waals surface area contributed by atoms with Crippen molar-refractivity contribution in [3.63, 3.8) is 0 Å². The number of rotatable bonds is 8. The zero-order valence-corrected chi connectivity index (χ0v) is 23.5. The molecule has 2 aromatic heterocycles. The third kappa shape index (κ3) is 5.64. The van der Waals surface area contributed by atoms with Gasteiger partial charge in [-0.3, -0.25) is 9.59 Å². The summed E-state index contributed by atoms with van der Waals surface area (Å²) >= 11 is 0. The molecule has 5 aromatic rings. The number of aromatic amines is 2. The highest BCUT2D eigenvalue weighted by Crippen LogP contribution is 2.30. The van der Waals surface area contributed by atoms with E-state index in [9.17, 15) is 14.7 Å². The van der Waals surface area contributed by atoms with Crippen LogP contribution in [0, 0.1) is 6.92 Å². The SMILES string of the molecule is Cc1cc(N2CCN(C(=O)c3ccccc3)CC2)cc2[nH]c(-c3c(N[C@H](CO)Cc4ccccc4)cc[nH]c3=O)nc12. The largest absolute Gasteiger partial charge is 0.394 e. The molecule has 214 valence electrons. The number of pyridine rings is 1. The van der Waals surface area contributed by atoms with Gasteiger partial charge in [-0.2, -0.15) is 0 Å². The van der Waals surface area contributed by atoms with Crippen LogP contribution in [-0.2, 0) is 6.42 Å². The zero-order valence-electron chi connectivity index (χ0n) is 23.5. The van der Waals surface area contributed by atoms with Crippen molar-refractivity contribution < 1.29 is 9.90 Å². The number of carbonyl (C=O) groups is 1. The van der Waals surface area contributed by atoms with Crippen molar-refractivity contribution in [2.45, 2.75) is 19.4 Å². The molecule has 3 aromatic carbocycles. The van der Waals surface area contributed by atoms with E-state index in [2.05, 4.69) is 32.3 Å². The first-order valence-electron chi connectivity index (χ1n) is 14.2. The number of aliphatic hydroxyl groups is 1. The maximum atomic E-state index is 13.1. The molecule has 1 amide bonds. The predicted molar refractivity (Wildman–Crippen MR) is 166 cm³/mol. The van der Waals surface area contributed by atoms with Crippen molar-refractivity contribution in [3.05, 3.63) is 112 Å². The molecule has 6 rings (SSSR count). The van der Waals surface area contributed by atoms with E-state index < -0.39 is 0 Å². The highest BCUT2D eigenvalue weighted by molar-refractivity contribution is 5.94. The Morgan fingerprint density at radius 3 is 2.43 bits per heavy atom. The van der Waals surface area contributed by atoms with Crippen LogP contribution in [0.5, 0.6) is 0 Å². The van der Waals surface area contributed by atoms with Crippen molar-refractivity contribution in [2.24, 2.45) is 0 Å². The molecule has 0 aliphatic carbocycles. The molecular formula is C33H34N6O3. The van der Waals surface area contributed by atoms with Gasteiger partial charge in [-0.05, 0) is 54.8 Å². The lowest BCUT2D eigenvalue weighted by atomic mass is 10.1. The van der Waals surface area contributed by atoms with E-state index in [1.54, 1.807) is 12.3 Å². The van der Waals surface area contributed by atoms with E-state index >= 15 is 0 Å². The number of nitrogens with zero attached hydrogens (tertiary/aromatic N) is 3. The fraction of sp³-hybridized carbons (Fsp3) is 0.242. The van der Waals surface area contributed by atoms with Crippen molar-refractivity contribution in [1.29, 1.82) is 0 Å². The molecule has 0 unspecified atom stereocenters. The summed E-state index contributed by atoms with van der Waals surface area (Å²) in [7, 11) is 0. The molecule has 9 nitrogen and oxygen atoms in total. The van der Waals surface area contributed by atoms with E-state index in [1.165, 1.54) is 0 Å². The number of aryl methyl sites for hydroxylation is 1. The van der Waals surface area contributed by atoms with Crippen LogP contribution < -0.4 is 15.8 Å². The predicted octanol–water partition coefficient (Wildman–Crippen LogP) is 4.20. The van der Waals surface area contributed by atoms with Crippen LogP contribution in [0.3, 0.4) is 0 Å². The Morgan fingerprint density at radius 2 is 1.71 bits per heavy atom. The summed E-state index contributed by atoms with van der Waals surface area (Å²) < 4.78 is 0. The van der Waals surface area contributed by atoms with Gasteiger partial charge in [0.15, 0.2) is 0 Å². The number of benzene rings is 3. The first-order chi connectivity index (χ1) is 20.5. The number of imidazole rings is 1. The molecule has 1 aliphatic heterocycles. The minimum Gasteiger partial charge on any atom is -0.394 e. The van der Waals surface area contributed by atoms with Crippen LogP contribution in [0.1, 0.15) is 21.5 Å². The summed E-state index contributed by atoms with van der Waals surface area (Å²) in [5.74, 6) is 0.522. The Labute approximate surface area is 243 Å². The Balaban J connectivity index is 1.23. The second-order valence-electron chi connectivity index (χ2n) is 10.7. The number of aromatic nitrogens is 3. The van der Waals surface area contributed by atoms with Crippen molar-refractivity contribution in [1.82, 2.24) is 19.9 Å². The van der Waals surface area contributed by atoms with Gasteiger partial charge in [0, 0.05) is 43.6 Å². The summed E-state index contributed by atoms with van der Waals surface area (Å²) in [6, 6.07) is 25.0. The van der Waals surface area contributed by atoms with Crippen LogP contribution in [0.25, 0.3) is 22.4 Å². The van der Waals surface area contributed by atoms with Gasteiger partial charge in [0.05, 0.1) is 29.4 Å². The number of fused-ring (bicyclic) bond motifs is 1. The third-order valence-corrected chi connectivity index (χ3v) is 7.82. The molecule has 1 saturated heterocycles. The van der Waals surface area contributed by atoms with E-state index in [0.29, 0.717) is 42.1 Å². The molecule has 0 spiro atoms. The molecule has 0 saturated carbocycles. The highest BCUT2D eigenvalue weighted by Gasteiger charge is 2.24. The van der Waals surface area contributed by atoms with E-state index in [1.807, 2.05) is 72.5 Å². The van der Waals surface area contributed by atoms with Gasteiger partial charge in [-0.15, -0.1) is 0 Å². The number of anilines is 2. The molecule has 4 N–H and O–H groups in total. The second-order valence-corrected chi connectivity index (χ2v) is 10.7. The van der Waals surface area contributed by atoms with E-state index in [0.717, 1.165) is 40.9 Å². The zero-order chi connectivity index (χ0) is 29.1. The molecule has 9 heteroatoms. The van der Waals surface area contributed by atoms with Crippen molar-refractivity contribution in [2.75, 3.05) is 43.0 Å². The topological polar surface area (TPSA) is 117 Å². The van der Waals surface area contributed by atoms with Crippen molar-refractivity contribution >= 4 is 28.3 Å². The Morgan fingerprint density at radius 1 is 1.00 bits per heavy atom. The molecule has 3 heterocycles. The maximum absolute atomic E-state index is 13.1. The number of nitrogens with one attached hydrogen (secondary N) is 3. The van der Waals surface area contributed by atoms with Crippen LogP contribution >= 0.6 is 0 Å². The molecule has 1 aliphatic rings. The van der Waals surface area contributed by atoms with Gasteiger partial charge in [-0.25, -0.2) is 4.98 Å². The first kappa shape index (κ1) is 27.3. The average molecular weight is 563 g/mol. The lowest BCUT2D eigenvalue weighted by molar-refractivity contribution is 0.0747. The van der Waals surface area contributed by atoms with Crippen LogP contribution in [-0.4, -0.2) is 69.7 Å². The van der Waals surface area contributed by atoms with Gasteiger partial charge < -0.3 is 30.2 Å². The standard InChI is InChI=1S/C33H34N6O3/c1-22-18-26(38-14-16-39(17-15-38)33(42)24-10-6-3-7-11-24)20-28-30(22)37-31(36-28)29-27(12-13-34-32(29)41)35-25(21-40)19-23-8-4-2-5-9-23/h2-13,18,20,25,40H,14-17,19,21H2,1H3,(H,36,37)(H2,34,35,41)/t25-/m0/s1. The number of hydrogen-bond acceptors (Lipinski definition) is 6. The van der Waals surface area contributed by atoms with Gasteiger partial charge in [0.1, 0.15) is 11.4 Å². The normalized spacial score (nSPS) is 14.2. The number of aliphatic hydroxyl groups excluding tert-OH is 1. The Kier molecular flexibility index (Phi) is 7.74. The van der Waals surface area contributed by atoms with Gasteiger partial charge in [-0.1, -0.05) is 48.5 Å². The number of amides is 1. The molecular weight excluding hydrogens is 528 g/mol. The summed E-state index contributed by atoms with van der Waals surface area (Å²) in [5.41, 5.74) is 6.20. The van der Waals surface area contributed by atoms with Crippen LogP contribution in [0.4, 0.5) is 11.4 Å². The lowest BCUT2D eigenvalue weighted by Gasteiger charge is -2.36. The van der Waals surface area contributed by atoms with E-state index in [4.69, 9.17) is 4.98 Å². The molecule has 0 bridgehead atoms. The number of piperazine rings is 1. The second kappa shape index (κ2) is 11.9. The van der Waals surface area contributed by atoms with Crippen LogP contribution in [0.2, 0.25) is 0 Å². The average Bonchev–Trinajstić information content (AvgIpc) is 3.46. The van der Waals surface area contributed by atoms with Crippen LogP contribution in [0.15, 0.2) is 89.9 Å². The number of H-pyrrole nitrogens is 2. The van der Waals surface area contributed by atoms with Crippen molar-refractivity contribution in [3.8, 4) is 11.4 Å². The molecule has 1 fully saturated rings. The minimum atomic E-state index is -0.280.